The predicted molar refractivity (Wildman–Crippen MR) is 63.4 cm³/mol. The quantitative estimate of drug-likeness (QED) is 0.610. The number of carbonyl (C=O) groups is 1. The molecule has 0 amide bonds. The Morgan fingerprint density at radius 2 is 2.19 bits per heavy atom. The molecule has 0 unspecified atom stereocenters. The fraction of sp³-hybridized carbons (Fsp3) is 0.154. The standard InChI is InChI=1S/C13H14O3/c1-3-8-16-12-7-5-4-6-11(12)9-10(2)13(14)15/h3-7,9H,1,8H2,2H3,(H,14,15). The van der Waals surface area contributed by atoms with Crippen LogP contribution in [-0.2, 0) is 4.79 Å². The Balaban J connectivity index is 2.98. The summed E-state index contributed by atoms with van der Waals surface area (Å²) < 4.78 is 5.41. The maximum Gasteiger partial charge on any atom is 0.331 e. The van der Waals surface area contributed by atoms with Crippen molar-refractivity contribution in [1.82, 2.24) is 0 Å². The minimum atomic E-state index is -0.932. The van der Waals surface area contributed by atoms with E-state index in [9.17, 15) is 4.79 Å². The minimum absolute atomic E-state index is 0.273. The average Bonchev–Trinajstić information content (AvgIpc) is 2.27. The lowest BCUT2D eigenvalue weighted by Crippen LogP contribution is -1.98. The second-order valence-corrected chi connectivity index (χ2v) is 3.27. The van der Waals surface area contributed by atoms with Crippen LogP contribution in [0.1, 0.15) is 12.5 Å². The van der Waals surface area contributed by atoms with Gasteiger partial charge in [-0.05, 0) is 19.1 Å². The van der Waals surface area contributed by atoms with Crippen molar-refractivity contribution >= 4 is 12.0 Å². The summed E-state index contributed by atoms with van der Waals surface area (Å²) in [6, 6.07) is 7.28. The molecule has 0 radical (unpaired) electrons. The summed E-state index contributed by atoms with van der Waals surface area (Å²) in [5.41, 5.74) is 1.03. The third-order valence-electron chi connectivity index (χ3n) is 1.99. The highest BCUT2D eigenvalue weighted by Crippen LogP contribution is 2.20. The maximum absolute atomic E-state index is 10.7. The molecule has 0 saturated heterocycles. The molecular weight excluding hydrogens is 204 g/mol. The molecule has 1 rings (SSSR count). The van der Waals surface area contributed by atoms with E-state index in [-0.39, 0.29) is 5.57 Å². The van der Waals surface area contributed by atoms with Crippen molar-refractivity contribution in [3.05, 3.63) is 48.1 Å². The van der Waals surface area contributed by atoms with Gasteiger partial charge in [0.15, 0.2) is 0 Å². The van der Waals surface area contributed by atoms with E-state index >= 15 is 0 Å². The van der Waals surface area contributed by atoms with E-state index in [1.165, 1.54) is 0 Å². The zero-order chi connectivity index (χ0) is 12.0. The molecule has 16 heavy (non-hydrogen) atoms. The van der Waals surface area contributed by atoms with E-state index in [4.69, 9.17) is 9.84 Å². The van der Waals surface area contributed by atoms with Crippen molar-refractivity contribution in [3.8, 4) is 5.75 Å². The normalized spacial score (nSPS) is 10.9. The van der Waals surface area contributed by atoms with Crippen molar-refractivity contribution in [2.45, 2.75) is 6.92 Å². The van der Waals surface area contributed by atoms with E-state index in [1.54, 1.807) is 25.1 Å². The summed E-state index contributed by atoms with van der Waals surface area (Å²) in [7, 11) is 0. The lowest BCUT2D eigenvalue weighted by atomic mass is 10.1. The van der Waals surface area contributed by atoms with E-state index in [0.717, 1.165) is 5.56 Å². The molecule has 0 fully saturated rings. The molecule has 0 aliphatic carbocycles. The lowest BCUT2D eigenvalue weighted by Gasteiger charge is -2.07. The van der Waals surface area contributed by atoms with Gasteiger partial charge >= 0.3 is 5.97 Å². The van der Waals surface area contributed by atoms with Gasteiger partial charge in [-0.1, -0.05) is 30.9 Å². The number of ether oxygens (including phenoxy) is 1. The summed E-state index contributed by atoms with van der Waals surface area (Å²) in [6.45, 7) is 5.51. The Kier molecular flexibility index (Phi) is 4.33. The first kappa shape index (κ1) is 12.0. The first-order chi connectivity index (χ1) is 7.65. The smallest absolute Gasteiger partial charge is 0.331 e. The Morgan fingerprint density at radius 1 is 1.50 bits per heavy atom. The molecule has 0 atom stereocenters. The Morgan fingerprint density at radius 3 is 2.81 bits per heavy atom. The van der Waals surface area contributed by atoms with Crippen molar-refractivity contribution in [3.63, 3.8) is 0 Å². The van der Waals surface area contributed by atoms with E-state index in [2.05, 4.69) is 6.58 Å². The topological polar surface area (TPSA) is 46.5 Å². The van der Waals surface area contributed by atoms with Crippen LogP contribution in [0.5, 0.6) is 5.75 Å². The molecular formula is C13H14O3. The summed E-state index contributed by atoms with van der Waals surface area (Å²) in [5, 5.41) is 8.78. The molecule has 0 heterocycles. The Bertz CT molecular complexity index is 419. The highest BCUT2D eigenvalue weighted by molar-refractivity contribution is 5.91. The van der Waals surface area contributed by atoms with Gasteiger partial charge in [0.2, 0.25) is 0 Å². The number of carboxylic acid groups (broad SMARTS) is 1. The predicted octanol–water partition coefficient (Wildman–Crippen LogP) is 2.74. The second-order valence-electron chi connectivity index (χ2n) is 3.27. The van der Waals surface area contributed by atoms with Crippen molar-refractivity contribution in [2.75, 3.05) is 6.61 Å². The van der Waals surface area contributed by atoms with Crippen molar-refractivity contribution in [2.24, 2.45) is 0 Å². The SMILES string of the molecule is C=CCOc1ccccc1C=C(C)C(=O)O. The highest BCUT2D eigenvalue weighted by Gasteiger charge is 2.03. The van der Waals surface area contributed by atoms with Gasteiger partial charge < -0.3 is 9.84 Å². The van der Waals surface area contributed by atoms with Crippen LogP contribution in [0.25, 0.3) is 6.08 Å². The van der Waals surface area contributed by atoms with Crippen LogP contribution >= 0.6 is 0 Å². The minimum Gasteiger partial charge on any atom is -0.489 e. The molecule has 3 nitrogen and oxygen atoms in total. The summed E-state index contributed by atoms with van der Waals surface area (Å²) in [5.74, 6) is -0.276. The van der Waals surface area contributed by atoms with Gasteiger partial charge in [0, 0.05) is 11.1 Å². The van der Waals surface area contributed by atoms with Crippen LogP contribution in [0, 0.1) is 0 Å². The summed E-state index contributed by atoms with van der Waals surface area (Å²) in [6.07, 6.45) is 3.23. The van der Waals surface area contributed by atoms with Gasteiger partial charge in [0.1, 0.15) is 12.4 Å². The highest BCUT2D eigenvalue weighted by atomic mass is 16.5. The third-order valence-corrected chi connectivity index (χ3v) is 1.99. The van der Waals surface area contributed by atoms with Gasteiger partial charge in [0.05, 0.1) is 0 Å². The largest absolute Gasteiger partial charge is 0.489 e. The number of benzene rings is 1. The van der Waals surface area contributed by atoms with Crippen LogP contribution < -0.4 is 4.74 Å². The first-order valence-electron chi connectivity index (χ1n) is 4.89. The average molecular weight is 218 g/mol. The monoisotopic (exact) mass is 218 g/mol. The molecule has 0 spiro atoms. The molecule has 3 heteroatoms. The Labute approximate surface area is 94.7 Å². The number of rotatable bonds is 5. The van der Waals surface area contributed by atoms with Gasteiger partial charge in [-0.15, -0.1) is 0 Å². The van der Waals surface area contributed by atoms with E-state index < -0.39 is 5.97 Å². The molecule has 0 saturated carbocycles. The number of hydrogen-bond donors (Lipinski definition) is 1. The van der Waals surface area contributed by atoms with E-state index in [0.29, 0.717) is 12.4 Å². The number of aliphatic carboxylic acids is 1. The molecule has 0 aliphatic rings. The third kappa shape index (κ3) is 3.28. The van der Waals surface area contributed by atoms with E-state index in [1.807, 2.05) is 18.2 Å². The second kappa shape index (κ2) is 5.75. The fourth-order valence-corrected chi connectivity index (χ4v) is 1.17. The van der Waals surface area contributed by atoms with Crippen LogP contribution in [-0.4, -0.2) is 17.7 Å². The van der Waals surface area contributed by atoms with Gasteiger partial charge in [-0.25, -0.2) is 4.79 Å². The molecule has 0 bridgehead atoms. The number of carboxylic acids is 1. The van der Waals surface area contributed by atoms with Crippen LogP contribution in [0.3, 0.4) is 0 Å². The van der Waals surface area contributed by atoms with Gasteiger partial charge in [-0.3, -0.25) is 0 Å². The summed E-state index contributed by atoms with van der Waals surface area (Å²) in [4.78, 5) is 10.7. The molecule has 1 N–H and O–H groups in total. The number of para-hydroxylation sites is 1. The Hall–Kier alpha value is -2.03. The van der Waals surface area contributed by atoms with Crippen molar-refractivity contribution < 1.29 is 14.6 Å². The molecule has 84 valence electrons. The number of hydrogen-bond acceptors (Lipinski definition) is 2. The lowest BCUT2D eigenvalue weighted by molar-refractivity contribution is -0.132. The maximum atomic E-state index is 10.7. The fourth-order valence-electron chi connectivity index (χ4n) is 1.17. The zero-order valence-corrected chi connectivity index (χ0v) is 9.14. The molecule has 1 aromatic rings. The van der Waals surface area contributed by atoms with Crippen LogP contribution in [0.2, 0.25) is 0 Å². The molecule has 0 aliphatic heterocycles. The molecule has 1 aromatic carbocycles. The van der Waals surface area contributed by atoms with Crippen molar-refractivity contribution in [1.29, 1.82) is 0 Å². The van der Waals surface area contributed by atoms with Crippen LogP contribution in [0.4, 0.5) is 0 Å². The van der Waals surface area contributed by atoms with Gasteiger partial charge in [0.25, 0.3) is 0 Å². The first-order valence-corrected chi connectivity index (χ1v) is 4.89. The summed E-state index contributed by atoms with van der Waals surface area (Å²) >= 11 is 0. The zero-order valence-electron chi connectivity index (χ0n) is 9.14. The van der Waals surface area contributed by atoms with Gasteiger partial charge in [-0.2, -0.15) is 0 Å². The molecule has 0 aromatic heterocycles. The van der Waals surface area contributed by atoms with Crippen LogP contribution in [0.15, 0.2) is 42.5 Å².